The molecule has 2 heterocycles. The van der Waals surface area contributed by atoms with Crippen molar-refractivity contribution in [3.05, 3.63) is 23.8 Å². The van der Waals surface area contributed by atoms with Gasteiger partial charge in [-0.2, -0.15) is 0 Å². The Morgan fingerprint density at radius 1 is 1.29 bits per heavy atom. The van der Waals surface area contributed by atoms with Gasteiger partial charge in [0, 0.05) is 32.0 Å². The Kier molecular flexibility index (Phi) is 5.19. The molecule has 7 nitrogen and oxygen atoms in total. The third kappa shape index (κ3) is 3.55. The van der Waals surface area contributed by atoms with Gasteiger partial charge in [-0.3, -0.25) is 9.59 Å². The number of nitrogens with one attached hydrogen (secondary N) is 1. The molecule has 1 saturated carbocycles. The number of ether oxygens (including phenoxy) is 2. The van der Waals surface area contributed by atoms with Gasteiger partial charge in [0.25, 0.3) is 5.91 Å². The summed E-state index contributed by atoms with van der Waals surface area (Å²) in [5.41, 5.74) is -0.396. The highest BCUT2D eigenvalue weighted by Gasteiger charge is 2.42. The fourth-order valence-corrected chi connectivity index (χ4v) is 4.17. The Bertz CT molecular complexity index is 753. The standard InChI is InChI=1S/C21H28N2O5/c1-27-17-7-2-4-14-12-15(13-28-18(14)17)19(24)23-10-8-21(26,9-11-23)20(25)22-16-5-3-6-16/h2,4,7,15-16,26H,3,5-6,8-13H2,1H3,(H,22,25). The maximum Gasteiger partial charge on any atom is 0.252 e. The van der Waals surface area contributed by atoms with E-state index in [1.807, 2.05) is 18.2 Å². The van der Waals surface area contributed by atoms with Crippen LogP contribution in [0.1, 0.15) is 37.7 Å². The lowest BCUT2D eigenvalue weighted by atomic mass is 9.87. The van der Waals surface area contributed by atoms with E-state index in [1.54, 1.807) is 12.0 Å². The highest BCUT2D eigenvalue weighted by atomic mass is 16.5. The van der Waals surface area contributed by atoms with E-state index in [1.165, 1.54) is 0 Å². The third-order valence-corrected chi connectivity index (χ3v) is 6.29. The lowest BCUT2D eigenvalue weighted by molar-refractivity contribution is -0.152. The van der Waals surface area contributed by atoms with Crippen LogP contribution in [-0.2, 0) is 16.0 Å². The summed E-state index contributed by atoms with van der Waals surface area (Å²) in [4.78, 5) is 27.1. The van der Waals surface area contributed by atoms with Crippen molar-refractivity contribution in [2.75, 3.05) is 26.8 Å². The summed E-state index contributed by atoms with van der Waals surface area (Å²) in [5, 5.41) is 13.6. The van der Waals surface area contributed by atoms with Crippen molar-refractivity contribution in [2.45, 2.75) is 50.2 Å². The number of fused-ring (bicyclic) bond motifs is 1. The fourth-order valence-electron chi connectivity index (χ4n) is 4.17. The average molecular weight is 388 g/mol. The molecule has 1 aromatic rings. The Labute approximate surface area is 165 Å². The molecule has 1 aromatic carbocycles. The topological polar surface area (TPSA) is 88.1 Å². The Morgan fingerprint density at radius 3 is 2.68 bits per heavy atom. The summed E-state index contributed by atoms with van der Waals surface area (Å²) in [7, 11) is 1.60. The molecule has 152 valence electrons. The summed E-state index contributed by atoms with van der Waals surface area (Å²) in [5.74, 6) is 0.884. The van der Waals surface area contributed by atoms with E-state index in [4.69, 9.17) is 9.47 Å². The molecular weight excluding hydrogens is 360 g/mol. The van der Waals surface area contributed by atoms with E-state index < -0.39 is 5.60 Å². The van der Waals surface area contributed by atoms with Crippen molar-refractivity contribution in [3.63, 3.8) is 0 Å². The molecular formula is C21H28N2O5. The second kappa shape index (κ2) is 7.62. The number of amides is 2. The Morgan fingerprint density at radius 2 is 2.04 bits per heavy atom. The van der Waals surface area contributed by atoms with Gasteiger partial charge in [0.1, 0.15) is 12.2 Å². The van der Waals surface area contributed by atoms with Crippen LogP contribution in [0.3, 0.4) is 0 Å². The molecule has 3 aliphatic rings. The maximum atomic E-state index is 13.0. The van der Waals surface area contributed by atoms with Crippen molar-refractivity contribution in [3.8, 4) is 11.5 Å². The van der Waals surface area contributed by atoms with Gasteiger partial charge in [0.05, 0.1) is 13.0 Å². The summed E-state index contributed by atoms with van der Waals surface area (Å²) < 4.78 is 11.1. The first-order chi connectivity index (χ1) is 13.5. The average Bonchev–Trinajstić information content (AvgIpc) is 2.69. The molecule has 2 fully saturated rings. The predicted octanol–water partition coefficient (Wildman–Crippen LogP) is 1.27. The van der Waals surface area contributed by atoms with Gasteiger partial charge in [-0.15, -0.1) is 0 Å². The number of methoxy groups -OCH3 is 1. The number of aliphatic hydroxyl groups is 1. The predicted molar refractivity (Wildman–Crippen MR) is 102 cm³/mol. The van der Waals surface area contributed by atoms with Crippen LogP contribution in [0.15, 0.2) is 18.2 Å². The van der Waals surface area contributed by atoms with E-state index in [0.29, 0.717) is 31.9 Å². The van der Waals surface area contributed by atoms with Gasteiger partial charge in [-0.05, 0) is 37.3 Å². The van der Waals surface area contributed by atoms with E-state index in [-0.39, 0.29) is 36.6 Å². The zero-order chi connectivity index (χ0) is 19.7. The van der Waals surface area contributed by atoms with Gasteiger partial charge in [0.2, 0.25) is 5.91 Å². The first kappa shape index (κ1) is 19.1. The molecule has 2 amide bonds. The number of carbonyl (C=O) groups excluding carboxylic acids is 2. The normalized spacial score (nSPS) is 23.8. The minimum Gasteiger partial charge on any atom is -0.493 e. The number of likely N-dealkylation sites (tertiary alicyclic amines) is 1. The number of benzene rings is 1. The molecule has 1 saturated heterocycles. The van der Waals surface area contributed by atoms with Crippen molar-refractivity contribution >= 4 is 11.8 Å². The number of carbonyl (C=O) groups is 2. The van der Waals surface area contributed by atoms with E-state index in [9.17, 15) is 14.7 Å². The fraction of sp³-hybridized carbons (Fsp3) is 0.619. The number of hydrogen-bond donors (Lipinski definition) is 2. The highest BCUT2D eigenvalue weighted by molar-refractivity contribution is 5.86. The minimum atomic E-state index is -1.37. The van der Waals surface area contributed by atoms with Gasteiger partial charge < -0.3 is 24.8 Å². The first-order valence-corrected chi connectivity index (χ1v) is 10.1. The van der Waals surface area contributed by atoms with Crippen LogP contribution in [0.4, 0.5) is 0 Å². The number of para-hydroxylation sites is 1. The van der Waals surface area contributed by atoms with Crippen LogP contribution in [-0.4, -0.2) is 60.3 Å². The molecule has 0 bridgehead atoms. The van der Waals surface area contributed by atoms with Crippen molar-refractivity contribution in [1.29, 1.82) is 0 Å². The van der Waals surface area contributed by atoms with Crippen LogP contribution in [0.2, 0.25) is 0 Å². The van der Waals surface area contributed by atoms with Crippen LogP contribution in [0.5, 0.6) is 11.5 Å². The lowest BCUT2D eigenvalue weighted by Gasteiger charge is -2.40. The molecule has 0 aromatic heterocycles. The molecule has 0 radical (unpaired) electrons. The molecule has 28 heavy (non-hydrogen) atoms. The van der Waals surface area contributed by atoms with Crippen molar-refractivity contribution < 1.29 is 24.2 Å². The number of piperidine rings is 1. The van der Waals surface area contributed by atoms with Crippen molar-refractivity contribution in [1.82, 2.24) is 10.2 Å². The molecule has 1 unspecified atom stereocenters. The molecule has 1 aliphatic carbocycles. The maximum absolute atomic E-state index is 13.0. The molecule has 0 spiro atoms. The zero-order valence-electron chi connectivity index (χ0n) is 16.3. The zero-order valence-corrected chi connectivity index (χ0v) is 16.3. The number of hydrogen-bond acceptors (Lipinski definition) is 5. The second-order valence-electron chi connectivity index (χ2n) is 8.12. The number of rotatable bonds is 4. The van der Waals surface area contributed by atoms with Crippen LogP contribution < -0.4 is 14.8 Å². The summed E-state index contributed by atoms with van der Waals surface area (Å²) in [6, 6.07) is 5.90. The van der Waals surface area contributed by atoms with E-state index in [2.05, 4.69) is 5.32 Å². The van der Waals surface area contributed by atoms with Gasteiger partial charge >= 0.3 is 0 Å². The van der Waals surface area contributed by atoms with Crippen LogP contribution in [0, 0.1) is 5.92 Å². The van der Waals surface area contributed by atoms with E-state index >= 15 is 0 Å². The Balaban J connectivity index is 1.34. The first-order valence-electron chi connectivity index (χ1n) is 10.1. The highest BCUT2D eigenvalue weighted by Crippen LogP contribution is 2.37. The number of nitrogens with zero attached hydrogens (tertiary/aromatic N) is 1. The summed E-state index contributed by atoms with van der Waals surface area (Å²) >= 11 is 0. The monoisotopic (exact) mass is 388 g/mol. The molecule has 2 N–H and O–H groups in total. The molecule has 7 heteroatoms. The quantitative estimate of drug-likeness (QED) is 0.811. The summed E-state index contributed by atoms with van der Waals surface area (Å²) in [6.45, 7) is 1.08. The molecule has 2 aliphatic heterocycles. The van der Waals surface area contributed by atoms with Gasteiger partial charge in [0.15, 0.2) is 11.5 Å². The third-order valence-electron chi connectivity index (χ3n) is 6.29. The van der Waals surface area contributed by atoms with Gasteiger partial charge in [-0.25, -0.2) is 0 Å². The van der Waals surface area contributed by atoms with Crippen molar-refractivity contribution in [2.24, 2.45) is 5.92 Å². The van der Waals surface area contributed by atoms with Gasteiger partial charge in [-0.1, -0.05) is 12.1 Å². The summed E-state index contributed by atoms with van der Waals surface area (Å²) in [6.07, 6.45) is 4.25. The second-order valence-corrected chi connectivity index (χ2v) is 8.12. The largest absolute Gasteiger partial charge is 0.493 e. The van der Waals surface area contributed by atoms with Crippen LogP contribution in [0.25, 0.3) is 0 Å². The SMILES string of the molecule is COc1cccc2c1OCC(C(=O)N1CCC(O)(C(=O)NC3CCC3)CC1)C2. The van der Waals surface area contributed by atoms with E-state index in [0.717, 1.165) is 30.6 Å². The minimum absolute atomic E-state index is 0.0231. The lowest BCUT2D eigenvalue weighted by Crippen LogP contribution is -2.58. The Hall–Kier alpha value is -2.28. The molecule has 4 rings (SSSR count). The smallest absolute Gasteiger partial charge is 0.252 e. The molecule has 1 atom stereocenters. The van der Waals surface area contributed by atoms with Crippen LogP contribution >= 0.6 is 0 Å².